The third-order valence-electron chi connectivity index (χ3n) is 3.10. The van der Waals surface area contributed by atoms with Gasteiger partial charge in [-0.3, -0.25) is 0 Å². The summed E-state index contributed by atoms with van der Waals surface area (Å²) >= 11 is 0. The predicted octanol–water partition coefficient (Wildman–Crippen LogP) is 2.66. The molecule has 0 radical (unpaired) electrons. The van der Waals surface area contributed by atoms with E-state index in [2.05, 4.69) is 5.32 Å². The van der Waals surface area contributed by atoms with E-state index in [4.69, 9.17) is 18.9 Å². The Labute approximate surface area is 120 Å². The predicted molar refractivity (Wildman–Crippen MR) is 77.6 cm³/mol. The van der Waals surface area contributed by atoms with E-state index in [0.717, 1.165) is 17.2 Å². The van der Waals surface area contributed by atoms with Crippen LogP contribution in [0.25, 0.3) is 0 Å². The van der Waals surface area contributed by atoms with Crippen molar-refractivity contribution in [1.29, 1.82) is 0 Å². The molecule has 1 saturated heterocycles. The van der Waals surface area contributed by atoms with Crippen LogP contribution in [-0.4, -0.2) is 38.8 Å². The summed E-state index contributed by atoms with van der Waals surface area (Å²) in [7, 11) is 1.64. The maximum Gasteiger partial charge on any atom is 0.162 e. The molecule has 5 nitrogen and oxygen atoms in total. The number of hydrogen-bond donors (Lipinski definition) is 1. The summed E-state index contributed by atoms with van der Waals surface area (Å²) < 4.78 is 22.1. The van der Waals surface area contributed by atoms with E-state index in [9.17, 15) is 0 Å². The van der Waals surface area contributed by atoms with Crippen LogP contribution < -0.4 is 14.8 Å². The molecule has 20 heavy (non-hydrogen) atoms. The lowest BCUT2D eigenvalue weighted by atomic mass is 10.2. The van der Waals surface area contributed by atoms with Crippen LogP contribution in [0.1, 0.15) is 20.8 Å². The van der Waals surface area contributed by atoms with Gasteiger partial charge in [0.15, 0.2) is 17.3 Å². The molecule has 1 aromatic rings. The first kappa shape index (κ1) is 14.9. The molecule has 1 heterocycles. The van der Waals surface area contributed by atoms with E-state index >= 15 is 0 Å². The minimum Gasteiger partial charge on any atom is -0.493 e. The van der Waals surface area contributed by atoms with Gasteiger partial charge in [0.25, 0.3) is 0 Å². The average Bonchev–Trinajstić information content (AvgIpc) is 2.43. The average molecular weight is 281 g/mol. The maximum atomic E-state index is 5.63. The first-order valence-corrected chi connectivity index (χ1v) is 6.89. The Morgan fingerprint density at radius 2 is 1.95 bits per heavy atom. The summed E-state index contributed by atoms with van der Waals surface area (Å²) in [6, 6.07) is 5.92. The first-order chi connectivity index (χ1) is 9.54. The van der Waals surface area contributed by atoms with Crippen molar-refractivity contribution in [2.45, 2.75) is 32.6 Å². The molecule has 0 amide bonds. The fourth-order valence-electron chi connectivity index (χ4n) is 2.04. The number of benzene rings is 1. The van der Waals surface area contributed by atoms with Crippen molar-refractivity contribution in [2.75, 3.05) is 32.2 Å². The normalized spacial score (nSPS) is 18.6. The van der Waals surface area contributed by atoms with Gasteiger partial charge in [0.05, 0.1) is 33.0 Å². The van der Waals surface area contributed by atoms with Gasteiger partial charge in [0, 0.05) is 11.8 Å². The molecule has 0 aliphatic carbocycles. The number of ether oxygens (including phenoxy) is 4. The maximum absolute atomic E-state index is 5.63. The zero-order chi connectivity index (χ0) is 14.6. The summed E-state index contributed by atoms with van der Waals surface area (Å²) in [5.41, 5.74) is 0.960. The van der Waals surface area contributed by atoms with Crippen LogP contribution in [-0.2, 0) is 9.47 Å². The highest BCUT2D eigenvalue weighted by atomic mass is 16.7. The molecule has 0 saturated carbocycles. The fraction of sp³-hybridized carbons (Fsp3) is 0.600. The Morgan fingerprint density at radius 1 is 1.25 bits per heavy atom. The summed E-state index contributed by atoms with van der Waals surface area (Å²) in [5, 5.41) is 3.38. The molecular weight excluding hydrogens is 258 g/mol. The molecule has 0 aromatic heterocycles. The van der Waals surface area contributed by atoms with Crippen molar-refractivity contribution in [2.24, 2.45) is 0 Å². The molecule has 1 N–H and O–H groups in total. The Morgan fingerprint density at radius 3 is 2.55 bits per heavy atom. The molecule has 5 heteroatoms. The zero-order valence-corrected chi connectivity index (χ0v) is 12.6. The molecule has 0 spiro atoms. The van der Waals surface area contributed by atoms with E-state index in [1.165, 1.54) is 0 Å². The van der Waals surface area contributed by atoms with Gasteiger partial charge in [-0.05, 0) is 32.9 Å². The van der Waals surface area contributed by atoms with Crippen molar-refractivity contribution in [3.63, 3.8) is 0 Å². The van der Waals surface area contributed by atoms with Crippen molar-refractivity contribution in [3.8, 4) is 11.5 Å². The molecule has 0 bridgehead atoms. The minimum atomic E-state index is -0.491. The van der Waals surface area contributed by atoms with Gasteiger partial charge in [0.2, 0.25) is 0 Å². The van der Waals surface area contributed by atoms with E-state index in [1.807, 2.05) is 39.0 Å². The van der Waals surface area contributed by atoms with Gasteiger partial charge < -0.3 is 24.3 Å². The number of hydrogen-bond acceptors (Lipinski definition) is 5. The highest BCUT2D eigenvalue weighted by Gasteiger charge is 2.28. The lowest BCUT2D eigenvalue weighted by molar-refractivity contribution is -0.247. The topological polar surface area (TPSA) is 49.0 Å². The largest absolute Gasteiger partial charge is 0.493 e. The summed E-state index contributed by atoms with van der Waals surface area (Å²) in [5.74, 6) is 0.974. The lowest BCUT2D eigenvalue weighted by Gasteiger charge is -2.35. The van der Waals surface area contributed by atoms with Crippen LogP contribution in [0.3, 0.4) is 0 Å². The fourth-order valence-corrected chi connectivity index (χ4v) is 2.04. The van der Waals surface area contributed by atoms with Gasteiger partial charge in [-0.1, -0.05) is 0 Å². The highest BCUT2D eigenvalue weighted by molar-refractivity contribution is 5.55. The van der Waals surface area contributed by atoms with E-state index in [0.29, 0.717) is 19.8 Å². The van der Waals surface area contributed by atoms with Crippen molar-refractivity contribution in [3.05, 3.63) is 18.2 Å². The molecular formula is C15H23NO4. The second kappa shape index (κ2) is 6.33. The smallest absolute Gasteiger partial charge is 0.162 e. The van der Waals surface area contributed by atoms with Gasteiger partial charge in [-0.2, -0.15) is 0 Å². The molecule has 0 atom stereocenters. The van der Waals surface area contributed by atoms with Crippen LogP contribution in [0, 0.1) is 0 Å². The highest BCUT2D eigenvalue weighted by Crippen LogP contribution is 2.31. The summed E-state index contributed by atoms with van der Waals surface area (Å²) in [6.07, 6.45) is 0. The summed E-state index contributed by atoms with van der Waals surface area (Å²) in [6.45, 7) is 7.63. The first-order valence-electron chi connectivity index (χ1n) is 6.89. The number of rotatable bonds is 5. The lowest BCUT2D eigenvalue weighted by Crippen LogP contribution is -2.45. The minimum absolute atomic E-state index is 0.130. The van der Waals surface area contributed by atoms with Crippen molar-refractivity contribution in [1.82, 2.24) is 0 Å². The molecule has 0 unspecified atom stereocenters. The molecule has 2 rings (SSSR count). The van der Waals surface area contributed by atoms with E-state index < -0.39 is 5.79 Å². The standard InChI is InChI=1S/C15H23NO4/c1-5-18-13-7-6-11(8-14(13)17-4)16-12-9-19-15(2,3)20-10-12/h6-8,12,16H,5,9-10H2,1-4H3. The van der Waals surface area contributed by atoms with Crippen LogP contribution in [0.5, 0.6) is 11.5 Å². The number of nitrogens with one attached hydrogen (secondary N) is 1. The second-order valence-corrected chi connectivity index (χ2v) is 5.16. The van der Waals surface area contributed by atoms with Gasteiger partial charge in [-0.25, -0.2) is 0 Å². The monoisotopic (exact) mass is 281 g/mol. The SMILES string of the molecule is CCOc1ccc(NC2COC(C)(C)OC2)cc1OC. The van der Waals surface area contributed by atoms with Gasteiger partial charge >= 0.3 is 0 Å². The number of methoxy groups -OCH3 is 1. The van der Waals surface area contributed by atoms with Crippen LogP contribution in [0.15, 0.2) is 18.2 Å². The quantitative estimate of drug-likeness (QED) is 0.899. The number of anilines is 1. The van der Waals surface area contributed by atoms with Crippen LogP contribution in [0.4, 0.5) is 5.69 Å². The third kappa shape index (κ3) is 3.77. The van der Waals surface area contributed by atoms with Gasteiger partial charge in [0.1, 0.15) is 0 Å². The van der Waals surface area contributed by atoms with Crippen LogP contribution >= 0.6 is 0 Å². The van der Waals surface area contributed by atoms with Crippen molar-refractivity contribution >= 4 is 5.69 Å². The molecule has 1 aliphatic heterocycles. The summed E-state index contributed by atoms with van der Waals surface area (Å²) in [4.78, 5) is 0. The third-order valence-corrected chi connectivity index (χ3v) is 3.10. The van der Waals surface area contributed by atoms with E-state index in [-0.39, 0.29) is 6.04 Å². The molecule has 1 aromatic carbocycles. The van der Waals surface area contributed by atoms with Gasteiger partial charge in [-0.15, -0.1) is 0 Å². The Hall–Kier alpha value is -1.46. The van der Waals surface area contributed by atoms with Crippen molar-refractivity contribution < 1.29 is 18.9 Å². The molecule has 112 valence electrons. The molecule has 1 aliphatic rings. The Bertz CT molecular complexity index is 437. The zero-order valence-electron chi connectivity index (χ0n) is 12.6. The molecule has 1 fully saturated rings. The Balaban J connectivity index is 1.99. The second-order valence-electron chi connectivity index (χ2n) is 5.16. The van der Waals surface area contributed by atoms with E-state index in [1.54, 1.807) is 7.11 Å². The van der Waals surface area contributed by atoms with Crippen LogP contribution in [0.2, 0.25) is 0 Å². The Kier molecular flexibility index (Phi) is 4.73.